The summed E-state index contributed by atoms with van der Waals surface area (Å²) in [5.41, 5.74) is 1.93. The van der Waals surface area contributed by atoms with Crippen LogP contribution in [0, 0.1) is 0 Å². The van der Waals surface area contributed by atoms with Crippen molar-refractivity contribution in [3.8, 4) is 0 Å². The van der Waals surface area contributed by atoms with E-state index >= 15 is 0 Å². The molecule has 0 heterocycles. The molecule has 0 aliphatic rings. The first-order chi connectivity index (χ1) is 7.65. The molecule has 1 N–H and O–H groups in total. The molecule has 0 saturated carbocycles. The number of aliphatic imine (C=N–C) groups is 1. The first kappa shape index (κ1) is 12.2. The fourth-order valence-electron chi connectivity index (χ4n) is 1.27. The van der Waals surface area contributed by atoms with Gasteiger partial charge in [-0.2, -0.15) is 0 Å². The minimum atomic E-state index is -0.917. The van der Waals surface area contributed by atoms with E-state index in [0.29, 0.717) is 12.3 Å². The Hall–Kier alpha value is -1.90. The van der Waals surface area contributed by atoms with Gasteiger partial charge in [-0.15, -0.1) is 0 Å². The lowest BCUT2D eigenvalue weighted by molar-refractivity contribution is -0.132. The molecule has 0 spiro atoms. The summed E-state index contributed by atoms with van der Waals surface area (Å²) in [6, 6.07) is 9.57. The lowest BCUT2D eigenvalue weighted by atomic mass is 10.1. The number of nitrogens with zero attached hydrogens (tertiary/aromatic N) is 1. The minimum Gasteiger partial charge on any atom is -0.478 e. The van der Waals surface area contributed by atoms with Gasteiger partial charge < -0.3 is 5.11 Å². The highest BCUT2D eigenvalue weighted by Crippen LogP contribution is 2.05. The zero-order valence-corrected chi connectivity index (χ0v) is 9.47. The average Bonchev–Trinajstić information content (AvgIpc) is 2.29. The fraction of sp³-hybridized carbons (Fsp3) is 0.231. The Bertz CT molecular complexity index is 419. The van der Waals surface area contributed by atoms with Gasteiger partial charge in [0.25, 0.3) is 0 Å². The van der Waals surface area contributed by atoms with E-state index in [2.05, 4.69) is 4.99 Å². The maximum Gasteiger partial charge on any atom is 0.331 e. The first-order valence-corrected chi connectivity index (χ1v) is 5.16. The summed E-state index contributed by atoms with van der Waals surface area (Å²) in [4.78, 5) is 15.0. The summed E-state index contributed by atoms with van der Waals surface area (Å²) in [5.74, 6) is -0.917. The molecular weight excluding hydrogens is 202 g/mol. The molecule has 84 valence electrons. The third-order valence-corrected chi connectivity index (χ3v) is 2.09. The summed E-state index contributed by atoms with van der Waals surface area (Å²) >= 11 is 0. The standard InChI is InChI=1S/C13H15NO2/c1-3-14-12(9-10(2)13(15)16)11-7-5-4-6-8-11/h4-9H,3H2,1-2H3,(H,15,16)/b10-9+,14-12+. The highest BCUT2D eigenvalue weighted by Gasteiger charge is 2.04. The largest absolute Gasteiger partial charge is 0.478 e. The van der Waals surface area contributed by atoms with Gasteiger partial charge in [-0.3, -0.25) is 4.99 Å². The highest BCUT2D eigenvalue weighted by atomic mass is 16.4. The van der Waals surface area contributed by atoms with Crippen LogP contribution in [0.1, 0.15) is 19.4 Å². The summed E-state index contributed by atoms with van der Waals surface area (Å²) in [5, 5.41) is 8.82. The molecule has 0 fully saturated rings. The summed E-state index contributed by atoms with van der Waals surface area (Å²) < 4.78 is 0. The Kier molecular flexibility index (Phi) is 4.45. The Balaban J connectivity index is 3.08. The Labute approximate surface area is 95.1 Å². The maximum absolute atomic E-state index is 10.7. The van der Waals surface area contributed by atoms with Gasteiger partial charge in [-0.05, 0) is 25.5 Å². The van der Waals surface area contributed by atoms with Gasteiger partial charge in [0, 0.05) is 12.1 Å². The highest BCUT2D eigenvalue weighted by molar-refractivity contribution is 6.11. The molecule has 16 heavy (non-hydrogen) atoms. The molecule has 0 atom stereocenters. The van der Waals surface area contributed by atoms with E-state index in [-0.39, 0.29) is 5.57 Å². The third kappa shape index (κ3) is 3.35. The van der Waals surface area contributed by atoms with Gasteiger partial charge in [0.2, 0.25) is 0 Å². The van der Waals surface area contributed by atoms with E-state index in [1.54, 1.807) is 13.0 Å². The summed E-state index contributed by atoms with van der Waals surface area (Å²) in [6.07, 6.45) is 1.60. The molecule has 1 rings (SSSR count). The lowest BCUT2D eigenvalue weighted by Crippen LogP contribution is -2.03. The van der Waals surface area contributed by atoms with Crippen molar-refractivity contribution in [2.45, 2.75) is 13.8 Å². The molecule has 0 aliphatic carbocycles. The van der Waals surface area contributed by atoms with Gasteiger partial charge in [0.1, 0.15) is 0 Å². The van der Waals surface area contributed by atoms with Crippen LogP contribution in [-0.4, -0.2) is 23.3 Å². The van der Waals surface area contributed by atoms with Gasteiger partial charge in [-0.1, -0.05) is 30.3 Å². The molecule has 0 radical (unpaired) electrons. The fourth-order valence-corrected chi connectivity index (χ4v) is 1.27. The molecule has 0 amide bonds. The number of carboxylic acids is 1. The Morgan fingerprint density at radius 1 is 1.38 bits per heavy atom. The van der Waals surface area contributed by atoms with E-state index in [4.69, 9.17) is 5.11 Å². The van der Waals surface area contributed by atoms with Crippen LogP contribution in [0.5, 0.6) is 0 Å². The molecule has 3 nitrogen and oxygen atoms in total. The maximum atomic E-state index is 10.7. The van der Waals surface area contributed by atoms with E-state index < -0.39 is 5.97 Å². The normalized spacial score (nSPS) is 12.6. The van der Waals surface area contributed by atoms with Crippen LogP contribution in [0.4, 0.5) is 0 Å². The molecule has 1 aromatic carbocycles. The monoisotopic (exact) mass is 217 g/mol. The predicted octanol–water partition coefficient (Wildman–Crippen LogP) is 2.53. The Morgan fingerprint density at radius 3 is 2.50 bits per heavy atom. The quantitative estimate of drug-likeness (QED) is 0.622. The van der Waals surface area contributed by atoms with E-state index in [1.165, 1.54) is 0 Å². The molecular formula is C13H15NO2. The van der Waals surface area contributed by atoms with E-state index in [9.17, 15) is 4.79 Å². The zero-order chi connectivity index (χ0) is 12.0. The number of carboxylic acid groups (broad SMARTS) is 1. The van der Waals surface area contributed by atoms with Crippen LogP contribution < -0.4 is 0 Å². The van der Waals surface area contributed by atoms with Crippen LogP contribution in [0.2, 0.25) is 0 Å². The van der Waals surface area contributed by atoms with Crippen molar-refractivity contribution >= 4 is 11.7 Å². The molecule has 0 aromatic heterocycles. The molecule has 0 unspecified atom stereocenters. The molecule has 0 aliphatic heterocycles. The summed E-state index contributed by atoms with van der Waals surface area (Å²) in [7, 11) is 0. The second kappa shape index (κ2) is 5.85. The van der Waals surface area contributed by atoms with Crippen molar-refractivity contribution < 1.29 is 9.90 Å². The van der Waals surface area contributed by atoms with Crippen molar-refractivity contribution in [2.24, 2.45) is 4.99 Å². The Morgan fingerprint density at radius 2 is 2.00 bits per heavy atom. The average molecular weight is 217 g/mol. The van der Waals surface area contributed by atoms with Crippen LogP contribution >= 0.6 is 0 Å². The van der Waals surface area contributed by atoms with Crippen molar-refractivity contribution in [3.63, 3.8) is 0 Å². The van der Waals surface area contributed by atoms with Crippen LogP contribution in [-0.2, 0) is 4.79 Å². The van der Waals surface area contributed by atoms with Gasteiger partial charge >= 0.3 is 5.97 Å². The topological polar surface area (TPSA) is 49.7 Å². The molecule has 0 bridgehead atoms. The smallest absolute Gasteiger partial charge is 0.331 e. The second-order valence-electron chi connectivity index (χ2n) is 3.36. The number of aliphatic carboxylic acids is 1. The zero-order valence-electron chi connectivity index (χ0n) is 9.47. The second-order valence-corrected chi connectivity index (χ2v) is 3.36. The SMILES string of the molecule is CC/N=C(\C=C(/C)C(=O)O)c1ccccc1. The van der Waals surface area contributed by atoms with Crippen LogP contribution in [0.25, 0.3) is 0 Å². The summed E-state index contributed by atoms with van der Waals surface area (Å²) in [6.45, 7) is 4.12. The third-order valence-electron chi connectivity index (χ3n) is 2.09. The van der Waals surface area contributed by atoms with Crippen molar-refractivity contribution in [1.82, 2.24) is 0 Å². The first-order valence-electron chi connectivity index (χ1n) is 5.16. The molecule has 3 heteroatoms. The van der Waals surface area contributed by atoms with Crippen LogP contribution in [0.15, 0.2) is 47.0 Å². The molecule has 1 aromatic rings. The number of allylic oxidation sites excluding steroid dienone is 1. The van der Waals surface area contributed by atoms with Gasteiger partial charge in [-0.25, -0.2) is 4.79 Å². The number of carbonyl (C=O) groups is 1. The van der Waals surface area contributed by atoms with E-state index in [1.807, 2.05) is 37.3 Å². The number of benzene rings is 1. The minimum absolute atomic E-state index is 0.288. The predicted molar refractivity (Wildman–Crippen MR) is 64.9 cm³/mol. The van der Waals surface area contributed by atoms with Gasteiger partial charge in [0.05, 0.1) is 5.71 Å². The molecule has 0 saturated heterocycles. The van der Waals surface area contributed by atoms with Crippen LogP contribution in [0.3, 0.4) is 0 Å². The number of hydrogen-bond acceptors (Lipinski definition) is 2. The number of rotatable bonds is 4. The van der Waals surface area contributed by atoms with Crippen molar-refractivity contribution in [2.75, 3.05) is 6.54 Å². The van der Waals surface area contributed by atoms with Gasteiger partial charge in [0.15, 0.2) is 0 Å². The number of hydrogen-bond donors (Lipinski definition) is 1. The van der Waals surface area contributed by atoms with E-state index in [0.717, 1.165) is 5.56 Å². The van der Waals surface area contributed by atoms with Crippen molar-refractivity contribution in [1.29, 1.82) is 0 Å². The lowest BCUT2D eigenvalue weighted by Gasteiger charge is -2.02. The van der Waals surface area contributed by atoms with Crippen molar-refractivity contribution in [3.05, 3.63) is 47.5 Å².